The zero-order chi connectivity index (χ0) is 30.0. The molecule has 0 amide bonds. The summed E-state index contributed by atoms with van der Waals surface area (Å²) in [5.41, 5.74) is 6.11. The number of ether oxygens (including phenoxy) is 1. The molecule has 1 aromatic carbocycles. The quantitative estimate of drug-likeness (QED) is 0.154. The maximum Gasteiger partial charge on any atom is 0.181 e. The lowest BCUT2D eigenvalue weighted by Gasteiger charge is -2.15. The molecule has 6 heterocycles. The monoisotopic (exact) mass is 593 g/mol. The van der Waals surface area contributed by atoms with Crippen molar-refractivity contribution < 1.29 is 14.2 Å². The SMILES string of the molecule is CCC(O)Nc1cncc(-c2cnc3n[nH]c(-c4nc5nccc(-c6cc(F)cc(OCCN7CCCC7)c6)c5[nH]4)c3c2)c1. The van der Waals surface area contributed by atoms with Crippen LogP contribution < -0.4 is 10.1 Å². The van der Waals surface area contributed by atoms with Crippen LogP contribution in [0.1, 0.15) is 26.2 Å². The van der Waals surface area contributed by atoms with Crippen molar-refractivity contribution in [2.24, 2.45) is 0 Å². The smallest absolute Gasteiger partial charge is 0.181 e. The second kappa shape index (κ2) is 12.0. The van der Waals surface area contributed by atoms with Crippen LogP contribution in [0, 0.1) is 5.82 Å². The second-order valence-corrected chi connectivity index (χ2v) is 10.9. The minimum absolute atomic E-state index is 0.375. The zero-order valence-electron chi connectivity index (χ0n) is 24.2. The molecule has 0 saturated carbocycles. The minimum Gasteiger partial charge on any atom is -0.492 e. The number of hydrogen-bond donors (Lipinski definition) is 4. The van der Waals surface area contributed by atoms with E-state index in [1.165, 1.54) is 25.0 Å². The summed E-state index contributed by atoms with van der Waals surface area (Å²) < 4.78 is 20.7. The van der Waals surface area contributed by atoms with E-state index < -0.39 is 6.23 Å². The lowest BCUT2D eigenvalue weighted by Crippen LogP contribution is -2.25. The van der Waals surface area contributed by atoms with Crippen LogP contribution in [0.5, 0.6) is 5.75 Å². The first-order chi connectivity index (χ1) is 21.5. The first-order valence-corrected chi connectivity index (χ1v) is 14.8. The number of aromatic amines is 2. The molecule has 0 radical (unpaired) electrons. The average Bonchev–Trinajstić information content (AvgIpc) is 3.80. The van der Waals surface area contributed by atoms with E-state index in [0.29, 0.717) is 58.4 Å². The number of anilines is 1. The Hall–Kier alpha value is -4.94. The molecule has 0 aliphatic carbocycles. The molecule has 12 heteroatoms. The Morgan fingerprint density at radius 2 is 1.89 bits per heavy atom. The highest BCUT2D eigenvalue weighted by atomic mass is 19.1. The number of halogens is 1. The molecule has 6 aromatic rings. The van der Waals surface area contributed by atoms with E-state index >= 15 is 0 Å². The largest absolute Gasteiger partial charge is 0.492 e. The number of fused-ring (bicyclic) bond motifs is 2. The number of benzene rings is 1. The van der Waals surface area contributed by atoms with Gasteiger partial charge in [0.15, 0.2) is 17.1 Å². The first kappa shape index (κ1) is 27.9. The van der Waals surface area contributed by atoms with Gasteiger partial charge in [-0.15, -0.1) is 0 Å². The van der Waals surface area contributed by atoms with Crippen LogP contribution in [0.2, 0.25) is 0 Å². The van der Waals surface area contributed by atoms with Crippen LogP contribution >= 0.6 is 0 Å². The first-order valence-electron chi connectivity index (χ1n) is 14.8. The van der Waals surface area contributed by atoms with Gasteiger partial charge in [-0.1, -0.05) is 6.92 Å². The Labute approximate surface area is 252 Å². The molecule has 1 fully saturated rings. The van der Waals surface area contributed by atoms with Gasteiger partial charge in [-0.25, -0.2) is 19.3 Å². The lowest BCUT2D eigenvalue weighted by atomic mass is 10.1. The molecule has 7 rings (SSSR count). The summed E-state index contributed by atoms with van der Waals surface area (Å²) in [6.45, 7) is 5.40. The summed E-state index contributed by atoms with van der Waals surface area (Å²) in [4.78, 5) is 23.8. The van der Waals surface area contributed by atoms with E-state index in [0.717, 1.165) is 41.7 Å². The number of imidazole rings is 1. The number of likely N-dealkylation sites (tertiary alicyclic amines) is 1. The van der Waals surface area contributed by atoms with E-state index in [9.17, 15) is 9.50 Å². The van der Waals surface area contributed by atoms with Crippen LogP contribution in [0.15, 0.2) is 61.2 Å². The predicted molar refractivity (Wildman–Crippen MR) is 166 cm³/mol. The maximum atomic E-state index is 14.8. The van der Waals surface area contributed by atoms with Gasteiger partial charge in [0.25, 0.3) is 0 Å². The highest BCUT2D eigenvalue weighted by molar-refractivity contribution is 5.96. The molecule has 224 valence electrons. The number of aliphatic hydroxyl groups is 1. The standard InChI is InChI=1S/C32H32FN9O2/c1-2-27(43)37-23-12-20(16-34-18-23)21-14-26-29(40-41-30(26)36-17-21)32-38-28-25(5-6-35-31(28)39-32)19-11-22(33)15-24(13-19)44-10-9-42-7-3-4-8-42/h5-6,11-18,27,37,43H,2-4,7-10H2,1H3,(H,35,38,39)(H,36,40,41). The number of pyridine rings is 3. The van der Waals surface area contributed by atoms with Crippen molar-refractivity contribution in [2.75, 3.05) is 31.6 Å². The van der Waals surface area contributed by atoms with E-state index in [4.69, 9.17) is 9.72 Å². The summed E-state index contributed by atoms with van der Waals surface area (Å²) in [5, 5.41) is 21.2. The van der Waals surface area contributed by atoms with Crippen LogP contribution in [0.3, 0.4) is 0 Å². The third kappa shape index (κ3) is 5.69. The van der Waals surface area contributed by atoms with Crippen LogP contribution in [0.4, 0.5) is 10.1 Å². The van der Waals surface area contributed by atoms with Crippen molar-refractivity contribution in [3.8, 4) is 39.5 Å². The number of rotatable bonds is 10. The normalized spacial score (nSPS) is 14.4. The fourth-order valence-electron chi connectivity index (χ4n) is 5.58. The minimum atomic E-state index is -0.661. The van der Waals surface area contributed by atoms with Crippen molar-refractivity contribution in [2.45, 2.75) is 32.4 Å². The van der Waals surface area contributed by atoms with Gasteiger partial charge in [0, 0.05) is 47.9 Å². The number of aliphatic hydroxyl groups excluding tert-OH is 1. The van der Waals surface area contributed by atoms with Gasteiger partial charge < -0.3 is 20.1 Å². The Morgan fingerprint density at radius 3 is 2.75 bits per heavy atom. The highest BCUT2D eigenvalue weighted by Crippen LogP contribution is 2.33. The Bertz CT molecular complexity index is 1930. The summed E-state index contributed by atoms with van der Waals surface area (Å²) in [6.07, 6.45) is 9.14. The zero-order valence-corrected chi connectivity index (χ0v) is 24.2. The highest BCUT2D eigenvalue weighted by Gasteiger charge is 2.18. The molecule has 1 aliphatic rings. The maximum absolute atomic E-state index is 14.8. The van der Waals surface area contributed by atoms with Crippen LogP contribution in [-0.2, 0) is 0 Å². The molecule has 11 nitrogen and oxygen atoms in total. The Morgan fingerprint density at radius 1 is 1.02 bits per heavy atom. The summed E-state index contributed by atoms with van der Waals surface area (Å²) in [7, 11) is 0. The molecule has 44 heavy (non-hydrogen) atoms. The topological polar surface area (TPSA) is 141 Å². The molecular weight excluding hydrogens is 561 g/mol. The fourth-order valence-corrected chi connectivity index (χ4v) is 5.58. The number of aromatic nitrogens is 7. The number of nitrogens with one attached hydrogen (secondary N) is 3. The van der Waals surface area contributed by atoms with Gasteiger partial charge in [-0.2, -0.15) is 5.10 Å². The van der Waals surface area contributed by atoms with Crippen LogP contribution in [0.25, 0.3) is 56.0 Å². The lowest BCUT2D eigenvalue weighted by molar-refractivity contribution is 0.199. The van der Waals surface area contributed by atoms with E-state index in [2.05, 4.69) is 40.3 Å². The Balaban J connectivity index is 1.20. The fraction of sp³-hybridized carbons (Fsp3) is 0.281. The van der Waals surface area contributed by atoms with Crippen molar-refractivity contribution in [1.29, 1.82) is 0 Å². The Kier molecular flexibility index (Phi) is 7.59. The molecule has 4 N–H and O–H groups in total. The molecule has 1 atom stereocenters. The van der Waals surface area contributed by atoms with Gasteiger partial charge in [-0.3, -0.25) is 15.0 Å². The van der Waals surface area contributed by atoms with E-state index in [1.54, 1.807) is 24.8 Å². The van der Waals surface area contributed by atoms with Crippen LogP contribution in [-0.4, -0.2) is 77.6 Å². The van der Waals surface area contributed by atoms with Gasteiger partial charge in [0.05, 0.1) is 22.8 Å². The third-order valence-electron chi connectivity index (χ3n) is 7.89. The molecule has 1 aliphatic heterocycles. The number of hydrogen-bond acceptors (Lipinski definition) is 9. The summed E-state index contributed by atoms with van der Waals surface area (Å²) >= 11 is 0. The molecule has 0 bridgehead atoms. The average molecular weight is 594 g/mol. The molecular formula is C32H32FN9O2. The second-order valence-electron chi connectivity index (χ2n) is 10.9. The summed E-state index contributed by atoms with van der Waals surface area (Å²) in [5.74, 6) is 0.638. The third-order valence-corrected chi connectivity index (χ3v) is 7.89. The molecule has 5 aromatic heterocycles. The van der Waals surface area contributed by atoms with Crippen molar-refractivity contribution in [3.05, 3.63) is 67.0 Å². The van der Waals surface area contributed by atoms with Gasteiger partial charge in [-0.05, 0) is 68.2 Å². The van der Waals surface area contributed by atoms with Crippen molar-refractivity contribution >= 4 is 27.9 Å². The van der Waals surface area contributed by atoms with E-state index in [-0.39, 0.29) is 5.82 Å². The van der Waals surface area contributed by atoms with Crippen molar-refractivity contribution in [3.63, 3.8) is 0 Å². The van der Waals surface area contributed by atoms with Gasteiger partial charge in [0.2, 0.25) is 0 Å². The van der Waals surface area contributed by atoms with E-state index in [1.807, 2.05) is 31.2 Å². The molecule has 1 saturated heterocycles. The summed E-state index contributed by atoms with van der Waals surface area (Å²) in [6, 6.07) is 10.5. The number of H-pyrrole nitrogens is 2. The predicted octanol–water partition coefficient (Wildman–Crippen LogP) is 5.38. The molecule has 1 unspecified atom stereocenters. The number of nitrogens with zero attached hydrogens (tertiary/aromatic N) is 6. The van der Waals surface area contributed by atoms with Crippen molar-refractivity contribution in [1.82, 2.24) is 40.0 Å². The molecule has 0 spiro atoms. The van der Waals surface area contributed by atoms with Gasteiger partial charge in [0.1, 0.15) is 30.1 Å². The van der Waals surface area contributed by atoms with Gasteiger partial charge >= 0.3 is 0 Å².